The Balaban J connectivity index is 1.64. The lowest BCUT2D eigenvalue weighted by atomic mass is 9.90. The van der Waals surface area contributed by atoms with Gasteiger partial charge in [-0.15, -0.1) is 0 Å². The molecule has 2 aromatic rings. The molecule has 3 rings (SSSR count). The van der Waals surface area contributed by atoms with Crippen LogP contribution >= 0.6 is 11.8 Å². The Morgan fingerprint density at radius 3 is 2.86 bits per heavy atom. The molecule has 6 nitrogen and oxygen atoms in total. The normalized spacial score (nSPS) is 18.9. The largest absolute Gasteiger partial charge is 0.492 e. The number of rotatable bonds is 7. The number of carbonyl (C=O) groups is 1. The van der Waals surface area contributed by atoms with E-state index in [2.05, 4.69) is 17.2 Å². The lowest BCUT2D eigenvalue weighted by Gasteiger charge is -2.30. The third-order valence-corrected chi connectivity index (χ3v) is 5.28. The van der Waals surface area contributed by atoms with E-state index in [1.165, 1.54) is 0 Å². The Morgan fingerprint density at radius 1 is 1.25 bits per heavy atom. The second-order valence-electron chi connectivity index (χ2n) is 6.62. The van der Waals surface area contributed by atoms with Crippen molar-refractivity contribution in [3.8, 4) is 11.5 Å². The average molecular weight is 400 g/mol. The molecular weight excluding hydrogens is 374 g/mol. The van der Waals surface area contributed by atoms with Gasteiger partial charge in [-0.25, -0.2) is 0 Å². The summed E-state index contributed by atoms with van der Waals surface area (Å²) in [6.07, 6.45) is 0.899. The van der Waals surface area contributed by atoms with Crippen molar-refractivity contribution in [2.75, 3.05) is 24.3 Å². The van der Waals surface area contributed by atoms with E-state index in [1.807, 2.05) is 49.4 Å². The zero-order valence-electron chi connectivity index (χ0n) is 16.1. The molecule has 0 saturated carbocycles. The maximum Gasteiger partial charge on any atom is 0.262 e. The summed E-state index contributed by atoms with van der Waals surface area (Å²) in [7, 11) is 0. The zero-order valence-corrected chi connectivity index (χ0v) is 16.9. The molecule has 0 spiro atoms. The lowest BCUT2D eigenvalue weighted by molar-refractivity contribution is -0.118. The van der Waals surface area contributed by atoms with Crippen molar-refractivity contribution in [2.45, 2.75) is 25.8 Å². The van der Waals surface area contributed by atoms with E-state index < -0.39 is 0 Å². The second kappa shape index (κ2) is 9.01. The molecule has 0 radical (unpaired) electrons. The van der Waals surface area contributed by atoms with Crippen LogP contribution in [-0.4, -0.2) is 30.0 Å². The molecule has 1 unspecified atom stereocenters. The summed E-state index contributed by atoms with van der Waals surface area (Å²) in [6.45, 7) is 4.40. The first-order valence-corrected chi connectivity index (χ1v) is 10.2. The summed E-state index contributed by atoms with van der Waals surface area (Å²) in [5, 5.41) is 3.43. The summed E-state index contributed by atoms with van der Waals surface area (Å²) in [4.78, 5) is 16.9. The van der Waals surface area contributed by atoms with Gasteiger partial charge in [-0.1, -0.05) is 36.0 Å². The van der Waals surface area contributed by atoms with Crippen molar-refractivity contribution < 1.29 is 14.3 Å². The molecule has 1 aliphatic rings. The van der Waals surface area contributed by atoms with Gasteiger partial charge in [0.1, 0.15) is 11.5 Å². The van der Waals surface area contributed by atoms with Gasteiger partial charge >= 0.3 is 0 Å². The summed E-state index contributed by atoms with van der Waals surface area (Å²) in [5.41, 5.74) is 7.19. The molecule has 1 amide bonds. The Labute approximate surface area is 169 Å². The number of carbonyl (C=O) groups excluding carboxylic acids is 1. The van der Waals surface area contributed by atoms with Gasteiger partial charge in [0.2, 0.25) is 0 Å². The van der Waals surface area contributed by atoms with Crippen molar-refractivity contribution in [1.29, 1.82) is 0 Å². The molecule has 28 heavy (non-hydrogen) atoms. The first kappa shape index (κ1) is 20.1. The Hall–Kier alpha value is -2.67. The summed E-state index contributed by atoms with van der Waals surface area (Å²) in [5.74, 6) is 1.94. The minimum atomic E-state index is -0.368. The zero-order chi connectivity index (χ0) is 20.0. The highest BCUT2D eigenvalue weighted by Gasteiger charge is 2.29. The van der Waals surface area contributed by atoms with Gasteiger partial charge in [-0.3, -0.25) is 9.79 Å². The van der Waals surface area contributed by atoms with Crippen LogP contribution in [-0.2, 0) is 10.3 Å². The van der Waals surface area contributed by atoms with Crippen LogP contribution in [0.2, 0.25) is 0 Å². The molecule has 0 aliphatic carbocycles. The molecule has 1 atom stereocenters. The topological polar surface area (TPSA) is 85.9 Å². The van der Waals surface area contributed by atoms with E-state index in [1.54, 1.807) is 17.8 Å². The fourth-order valence-electron chi connectivity index (χ4n) is 3.00. The number of anilines is 1. The first-order chi connectivity index (χ1) is 13.5. The van der Waals surface area contributed by atoms with Crippen LogP contribution in [0.5, 0.6) is 11.5 Å². The van der Waals surface area contributed by atoms with E-state index in [9.17, 15) is 4.79 Å². The highest BCUT2D eigenvalue weighted by molar-refractivity contribution is 8.13. The van der Waals surface area contributed by atoms with Crippen molar-refractivity contribution in [3.05, 3.63) is 54.1 Å². The van der Waals surface area contributed by atoms with E-state index in [0.29, 0.717) is 29.0 Å². The minimum absolute atomic E-state index is 0.0954. The third-order valence-electron chi connectivity index (χ3n) is 4.48. The lowest BCUT2D eigenvalue weighted by Crippen LogP contribution is -2.28. The summed E-state index contributed by atoms with van der Waals surface area (Å²) in [6, 6.07) is 15.0. The molecule has 0 fully saturated rings. The van der Waals surface area contributed by atoms with E-state index in [4.69, 9.17) is 15.2 Å². The van der Waals surface area contributed by atoms with E-state index >= 15 is 0 Å². The number of benzene rings is 2. The predicted octanol–water partition coefficient (Wildman–Crippen LogP) is 3.77. The van der Waals surface area contributed by atoms with Crippen LogP contribution in [0, 0.1) is 0 Å². The number of nitrogens with zero attached hydrogens (tertiary/aromatic N) is 1. The van der Waals surface area contributed by atoms with Crippen LogP contribution in [0.4, 0.5) is 5.69 Å². The van der Waals surface area contributed by atoms with Crippen molar-refractivity contribution >= 4 is 28.5 Å². The minimum Gasteiger partial charge on any atom is -0.492 e. The molecule has 0 bridgehead atoms. The molecular formula is C21H25N3O3S. The van der Waals surface area contributed by atoms with Gasteiger partial charge in [0, 0.05) is 5.75 Å². The van der Waals surface area contributed by atoms with Gasteiger partial charge in [0.15, 0.2) is 11.8 Å². The quantitative estimate of drug-likeness (QED) is 0.740. The van der Waals surface area contributed by atoms with Crippen molar-refractivity contribution in [2.24, 2.45) is 10.7 Å². The van der Waals surface area contributed by atoms with Gasteiger partial charge in [0.05, 0.1) is 17.8 Å². The van der Waals surface area contributed by atoms with Gasteiger partial charge < -0.3 is 20.5 Å². The maximum atomic E-state index is 12.3. The highest BCUT2D eigenvalue weighted by Crippen LogP contribution is 2.36. The molecule has 0 saturated heterocycles. The van der Waals surface area contributed by atoms with E-state index in [-0.39, 0.29) is 18.1 Å². The molecule has 7 heteroatoms. The first-order valence-electron chi connectivity index (χ1n) is 9.23. The summed E-state index contributed by atoms with van der Waals surface area (Å²) >= 11 is 1.57. The Morgan fingerprint density at radius 2 is 2.07 bits per heavy atom. The predicted molar refractivity (Wildman–Crippen MR) is 114 cm³/mol. The second-order valence-corrected chi connectivity index (χ2v) is 7.73. The van der Waals surface area contributed by atoms with Gasteiger partial charge in [0.25, 0.3) is 5.91 Å². The van der Waals surface area contributed by atoms with Crippen molar-refractivity contribution in [1.82, 2.24) is 0 Å². The Bertz CT molecular complexity index is 871. The number of nitrogens with two attached hydrogens (primary N) is 1. The number of thioether (sulfide) groups is 1. The number of amidine groups is 1. The van der Waals surface area contributed by atoms with E-state index in [0.717, 1.165) is 17.7 Å². The number of amides is 1. The maximum absolute atomic E-state index is 12.3. The monoisotopic (exact) mass is 399 g/mol. The summed E-state index contributed by atoms with van der Waals surface area (Å²) < 4.78 is 11.2. The van der Waals surface area contributed by atoms with Crippen LogP contribution in [0.25, 0.3) is 0 Å². The highest BCUT2D eigenvalue weighted by atomic mass is 32.2. The number of aliphatic imine (C=N–C) groups is 1. The van der Waals surface area contributed by atoms with Crippen LogP contribution < -0.4 is 20.5 Å². The fraction of sp³-hybridized carbons (Fsp3) is 0.333. The van der Waals surface area contributed by atoms with Crippen LogP contribution in [0.1, 0.15) is 25.8 Å². The van der Waals surface area contributed by atoms with Crippen LogP contribution in [0.3, 0.4) is 0 Å². The average Bonchev–Trinajstić information content (AvgIpc) is 2.68. The molecule has 3 N–H and O–H groups in total. The third kappa shape index (κ3) is 4.98. The standard InChI is InChI=1S/C21H25N3O3S/c1-3-26-18-10-5-4-9-17(18)23-19(25)14-27-16-8-6-7-15(13-16)21(2)11-12-28-20(22)24-21/h4-10,13H,3,11-12,14H2,1-2H3,(H2,22,24)(H,23,25). The number of para-hydroxylation sites is 2. The SMILES string of the molecule is CCOc1ccccc1NC(=O)COc1cccc(C2(C)CCSC(N)=N2)c1. The fourth-order valence-corrected chi connectivity index (χ4v) is 3.98. The molecule has 148 valence electrons. The molecule has 1 aliphatic heterocycles. The number of hydrogen-bond donors (Lipinski definition) is 2. The molecule has 0 aromatic heterocycles. The smallest absolute Gasteiger partial charge is 0.262 e. The number of ether oxygens (including phenoxy) is 2. The Kier molecular flexibility index (Phi) is 6.46. The number of nitrogens with one attached hydrogen (secondary N) is 1. The number of hydrogen-bond acceptors (Lipinski definition) is 6. The van der Waals surface area contributed by atoms with Gasteiger partial charge in [-0.2, -0.15) is 0 Å². The van der Waals surface area contributed by atoms with Crippen LogP contribution in [0.15, 0.2) is 53.5 Å². The molecule has 1 heterocycles. The molecule has 2 aromatic carbocycles. The van der Waals surface area contributed by atoms with Crippen molar-refractivity contribution in [3.63, 3.8) is 0 Å². The van der Waals surface area contributed by atoms with Gasteiger partial charge in [-0.05, 0) is 50.1 Å².